The number of nitriles is 1. The maximum atomic E-state index is 8.83. The predicted molar refractivity (Wildman–Crippen MR) is 88.2 cm³/mol. The number of hydrogen-bond donors (Lipinski definition) is 1. The standard InChI is InChI=1S/C16H15Cl2N3O/c1-10(15(22-2)12-3-5-13(17)6-4-12)21-16-14(18)7-11(8-19)9-20-16/h3-7,9-10,15H,1-2H3,(H,20,21). The molecule has 114 valence electrons. The summed E-state index contributed by atoms with van der Waals surface area (Å²) in [5, 5.41) is 13.1. The van der Waals surface area contributed by atoms with Gasteiger partial charge in [0.25, 0.3) is 0 Å². The Kier molecular flexibility index (Phi) is 5.62. The van der Waals surface area contributed by atoms with Crippen LogP contribution in [0, 0.1) is 11.3 Å². The molecule has 0 aliphatic rings. The molecule has 0 aliphatic heterocycles. The third-order valence-corrected chi connectivity index (χ3v) is 3.78. The van der Waals surface area contributed by atoms with Gasteiger partial charge < -0.3 is 10.1 Å². The van der Waals surface area contributed by atoms with Crippen molar-refractivity contribution >= 4 is 29.0 Å². The monoisotopic (exact) mass is 335 g/mol. The highest BCUT2D eigenvalue weighted by Crippen LogP contribution is 2.27. The normalized spacial score (nSPS) is 13.2. The van der Waals surface area contributed by atoms with Crippen LogP contribution in [0.2, 0.25) is 10.0 Å². The van der Waals surface area contributed by atoms with Crippen LogP contribution in [0.5, 0.6) is 0 Å². The molecule has 0 saturated carbocycles. The first kappa shape index (κ1) is 16.6. The number of hydrogen-bond acceptors (Lipinski definition) is 4. The molecule has 2 atom stereocenters. The Hall–Kier alpha value is -1.80. The first-order valence-electron chi connectivity index (χ1n) is 6.65. The molecule has 1 aromatic heterocycles. The molecule has 0 bridgehead atoms. The van der Waals surface area contributed by atoms with E-state index < -0.39 is 0 Å². The van der Waals surface area contributed by atoms with Crippen LogP contribution in [0.15, 0.2) is 36.5 Å². The van der Waals surface area contributed by atoms with E-state index >= 15 is 0 Å². The number of ether oxygens (including phenoxy) is 1. The number of methoxy groups -OCH3 is 1. The lowest BCUT2D eigenvalue weighted by atomic mass is 10.0. The van der Waals surface area contributed by atoms with Gasteiger partial charge in [-0.15, -0.1) is 0 Å². The van der Waals surface area contributed by atoms with E-state index in [1.807, 2.05) is 37.3 Å². The lowest BCUT2D eigenvalue weighted by Gasteiger charge is -2.25. The van der Waals surface area contributed by atoms with Crippen molar-refractivity contribution in [3.05, 3.63) is 57.7 Å². The quantitative estimate of drug-likeness (QED) is 0.876. The van der Waals surface area contributed by atoms with Crippen molar-refractivity contribution in [2.75, 3.05) is 12.4 Å². The molecule has 2 aromatic rings. The fourth-order valence-corrected chi connectivity index (χ4v) is 2.52. The Labute approximate surface area is 139 Å². The fourth-order valence-electron chi connectivity index (χ4n) is 2.18. The van der Waals surface area contributed by atoms with E-state index in [0.717, 1.165) is 5.56 Å². The molecule has 2 unspecified atom stereocenters. The second-order valence-electron chi connectivity index (χ2n) is 4.81. The molecule has 0 radical (unpaired) electrons. The zero-order valence-electron chi connectivity index (χ0n) is 12.2. The van der Waals surface area contributed by atoms with Crippen molar-refractivity contribution < 1.29 is 4.74 Å². The lowest BCUT2D eigenvalue weighted by molar-refractivity contribution is 0.0907. The molecule has 22 heavy (non-hydrogen) atoms. The summed E-state index contributed by atoms with van der Waals surface area (Å²) in [5.41, 5.74) is 1.42. The summed E-state index contributed by atoms with van der Waals surface area (Å²) in [6.45, 7) is 1.97. The summed E-state index contributed by atoms with van der Waals surface area (Å²) in [4.78, 5) is 4.17. The van der Waals surface area contributed by atoms with Crippen molar-refractivity contribution in [1.29, 1.82) is 5.26 Å². The Bertz CT molecular complexity index is 683. The van der Waals surface area contributed by atoms with Gasteiger partial charge in [0.05, 0.1) is 16.6 Å². The second-order valence-corrected chi connectivity index (χ2v) is 5.65. The van der Waals surface area contributed by atoms with Gasteiger partial charge in [-0.2, -0.15) is 5.26 Å². The minimum absolute atomic E-state index is 0.0795. The lowest BCUT2D eigenvalue weighted by Crippen LogP contribution is -2.26. The molecular formula is C16H15Cl2N3O. The zero-order valence-corrected chi connectivity index (χ0v) is 13.7. The summed E-state index contributed by atoms with van der Waals surface area (Å²) in [6.07, 6.45) is 1.29. The molecular weight excluding hydrogens is 321 g/mol. The van der Waals surface area contributed by atoms with Crippen molar-refractivity contribution in [2.24, 2.45) is 0 Å². The average Bonchev–Trinajstić information content (AvgIpc) is 2.52. The first-order chi connectivity index (χ1) is 10.5. The van der Waals surface area contributed by atoms with Gasteiger partial charge in [-0.05, 0) is 30.7 Å². The Morgan fingerprint density at radius 3 is 2.50 bits per heavy atom. The Morgan fingerprint density at radius 2 is 1.95 bits per heavy atom. The third-order valence-electron chi connectivity index (χ3n) is 3.24. The molecule has 0 aliphatic carbocycles. The molecule has 4 nitrogen and oxygen atoms in total. The van der Waals surface area contributed by atoms with E-state index in [0.29, 0.717) is 21.4 Å². The fraction of sp³-hybridized carbons (Fsp3) is 0.250. The minimum atomic E-state index is -0.189. The van der Waals surface area contributed by atoms with Crippen LogP contribution in [-0.2, 0) is 4.74 Å². The van der Waals surface area contributed by atoms with Gasteiger partial charge in [-0.1, -0.05) is 35.3 Å². The van der Waals surface area contributed by atoms with Crippen molar-refractivity contribution in [2.45, 2.75) is 19.1 Å². The summed E-state index contributed by atoms with van der Waals surface area (Å²) >= 11 is 12.0. The van der Waals surface area contributed by atoms with Crippen LogP contribution in [0.4, 0.5) is 5.82 Å². The van der Waals surface area contributed by atoms with Crippen molar-refractivity contribution in [1.82, 2.24) is 4.98 Å². The number of benzene rings is 1. The van der Waals surface area contributed by atoms with E-state index in [1.54, 1.807) is 13.2 Å². The smallest absolute Gasteiger partial charge is 0.145 e. The molecule has 1 heterocycles. The van der Waals surface area contributed by atoms with Gasteiger partial charge in [0.2, 0.25) is 0 Å². The Balaban J connectivity index is 2.17. The summed E-state index contributed by atoms with van der Waals surface area (Å²) in [5.74, 6) is 0.518. The van der Waals surface area contributed by atoms with Gasteiger partial charge in [0, 0.05) is 18.3 Å². The Morgan fingerprint density at radius 1 is 1.27 bits per heavy atom. The highest BCUT2D eigenvalue weighted by atomic mass is 35.5. The maximum Gasteiger partial charge on any atom is 0.145 e. The van der Waals surface area contributed by atoms with Gasteiger partial charge in [0.1, 0.15) is 18.0 Å². The average molecular weight is 336 g/mol. The summed E-state index contributed by atoms with van der Waals surface area (Å²) < 4.78 is 5.57. The SMILES string of the molecule is COC(c1ccc(Cl)cc1)C(C)Nc1ncc(C#N)cc1Cl. The second kappa shape index (κ2) is 7.46. The third kappa shape index (κ3) is 3.89. The van der Waals surface area contributed by atoms with Gasteiger partial charge in [-0.25, -0.2) is 4.98 Å². The van der Waals surface area contributed by atoms with Crippen LogP contribution in [0.1, 0.15) is 24.2 Å². The topological polar surface area (TPSA) is 57.9 Å². The number of pyridine rings is 1. The van der Waals surface area contributed by atoms with Crippen molar-refractivity contribution in [3.63, 3.8) is 0 Å². The van der Waals surface area contributed by atoms with Gasteiger partial charge in [-0.3, -0.25) is 0 Å². The van der Waals surface area contributed by atoms with Crippen LogP contribution < -0.4 is 5.32 Å². The number of anilines is 1. The predicted octanol–water partition coefficient (Wildman–Crippen LogP) is 4.45. The van der Waals surface area contributed by atoms with E-state index in [9.17, 15) is 0 Å². The molecule has 0 spiro atoms. The number of aromatic nitrogens is 1. The van der Waals surface area contributed by atoms with Gasteiger partial charge in [0.15, 0.2) is 0 Å². The van der Waals surface area contributed by atoms with Crippen LogP contribution in [0.3, 0.4) is 0 Å². The number of nitrogens with zero attached hydrogens (tertiary/aromatic N) is 2. The minimum Gasteiger partial charge on any atom is -0.375 e. The van der Waals surface area contributed by atoms with Gasteiger partial charge >= 0.3 is 0 Å². The van der Waals surface area contributed by atoms with Crippen LogP contribution in [0.25, 0.3) is 0 Å². The van der Waals surface area contributed by atoms with E-state index in [2.05, 4.69) is 10.3 Å². The number of nitrogens with one attached hydrogen (secondary N) is 1. The zero-order chi connectivity index (χ0) is 16.1. The molecule has 6 heteroatoms. The molecule has 1 aromatic carbocycles. The highest BCUT2D eigenvalue weighted by Gasteiger charge is 2.20. The summed E-state index contributed by atoms with van der Waals surface area (Å²) in [6, 6.07) is 11.0. The molecule has 0 fully saturated rings. The highest BCUT2D eigenvalue weighted by molar-refractivity contribution is 6.33. The van der Waals surface area contributed by atoms with Crippen molar-refractivity contribution in [3.8, 4) is 6.07 Å². The largest absolute Gasteiger partial charge is 0.375 e. The van der Waals surface area contributed by atoms with E-state index in [1.165, 1.54) is 6.20 Å². The van der Waals surface area contributed by atoms with E-state index in [4.69, 9.17) is 33.2 Å². The molecule has 0 amide bonds. The van der Waals surface area contributed by atoms with Crippen LogP contribution >= 0.6 is 23.2 Å². The first-order valence-corrected chi connectivity index (χ1v) is 7.41. The molecule has 1 N–H and O–H groups in total. The number of rotatable bonds is 5. The molecule has 2 rings (SSSR count). The molecule has 0 saturated heterocycles. The number of halogens is 2. The summed E-state index contributed by atoms with van der Waals surface area (Å²) in [7, 11) is 1.64. The maximum absolute atomic E-state index is 8.83. The van der Waals surface area contributed by atoms with E-state index in [-0.39, 0.29) is 12.1 Å². The van der Waals surface area contributed by atoms with Crippen LogP contribution in [-0.4, -0.2) is 18.1 Å².